The first kappa shape index (κ1) is 15.5. The van der Waals surface area contributed by atoms with Crippen molar-refractivity contribution < 1.29 is 0 Å². The van der Waals surface area contributed by atoms with Gasteiger partial charge in [-0.1, -0.05) is 48.5 Å². The van der Waals surface area contributed by atoms with Gasteiger partial charge in [-0.05, 0) is 35.4 Å². The molecule has 3 aromatic carbocycles. The number of nitrogen functional groups attached to an aromatic ring is 1. The Labute approximate surface area is 148 Å². The topological polar surface area (TPSA) is 41.6 Å². The number of hydrogen-bond acceptors (Lipinski definition) is 3. The van der Waals surface area contributed by atoms with E-state index in [4.69, 9.17) is 10.7 Å². The fourth-order valence-electron chi connectivity index (χ4n) is 3.32. The third-order valence-corrected chi connectivity index (χ3v) is 4.64. The van der Waals surface area contributed by atoms with Gasteiger partial charge in [-0.25, -0.2) is 0 Å². The first-order chi connectivity index (χ1) is 12.2. The van der Waals surface area contributed by atoms with Crippen LogP contribution in [0.2, 0.25) is 0 Å². The molecule has 0 aromatic heterocycles. The lowest BCUT2D eigenvalue weighted by Gasteiger charge is -2.20. The summed E-state index contributed by atoms with van der Waals surface area (Å²) < 4.78 is 0. The van der Waals surface area contributed by atoms with Gasteiger partial charge in [0, 0.05) is 36.1 Å². The number of anilines is 2. The van der Waals surface area contributed by atoms with Crippen LogP contribution in [0.25, 0.3) is 11.1 Å². The van der Waals surface area contributed by atoms with E-state index in [2.05, 4.69) is 60.5 Å². The molecule has 0 radical (unpaired) electrons. The number of nitrogens with zero attached hydrogens (tertiary/aromatic N) is 2. The van der Waals surface area contributed by atoms with E-state index in [1.807, 2.05) is 24.3 Å². The van der Waals surface area contributed by atoms with Crippen LogP contribution in [0.4, 0.5) is 11.4 Å². The molecule has 4 rings (SSSR count). The third-order valence-electron chi connectivity index (χ3n) is 4.64. The zero-order valence-corrected chi connectivity index (χ0v) is 14.3. The van der Waals surface area contributed by atoms with Crippen LogP contribution in [0.15, 0.2) is 77.8 Å². The normalized spacial score (nSPS) is 13.8. The van der Waals surface area contributed by atoms with Crippen molar-refractivity contribution in [2.75, 3.05) is 30.8 Å². The van der Waals surface area contributed by atoms with Gasteiger partial charge >= 0.3 is 0 Å². The fraction of sp³-hybridized carbons (Fsp3) is 0.136. The fourth-order valence-corrected chi connectivity index (χ4v) is 3.32. The number of likely N-dealkylation sites (N-methyl/N-ethyl adjacent to an activating group) is 1. The summed E-state index contributed by atoms with van der Waals surface area (Å²) in [6.07, 6.45) is 0. The van der Waals surface area contributed by atoms with Crippen LogP contribution >= 0.6 is 0 Å². The lowest BCUT2D eigenvalue weighted by Crippen LogP contribution is -2.20. The number of fused-ring (bicyclic) bond motifs is 1. The van der Waals surface area contributed by atoms with Crippen molar-refractivity contribution in [1.29, 1.82) is 0 Å². The maximum Gasteiger partial charge on any atom is 0.0741 e. The van der Waals surface area contributed by atoms with E-state index in [1.165, 1.54) is 16.8 Å². The summed E-state index contributed by atoms with van der Waals surface area (Å²) in [4.78, 5) is 7.15. The molecule has 0 aliphatic carbocycles. The van der Waals surface area contributed by atoms with Crippen LogP contribution in [-0.4, -0.2) is 25.8 Å². The van der Waals surface area contributed by atoms with Crippen LogP contribution < -0.4 is 10.6 Å². The number of aliphatic imine (C=N–C) groups is 1. The third kappa shape index (κ3) is 3.01. The lowest BCUT2D eigenvalue weighted by atomic mass is 9.95. The van der Waals surface area contributed by atoms with Crippen LogP contribution in [0.5, 0.6) is 0 Å². The Hall–Kier alpha value is -3.07. The molecule has 25 heavy (non-hydrogen) atoms. The SMILES string of the molecule is CN1CCN=C(c2cccc(N)c2)c2cc(-c3ccccc3)ccc21. The molecule has 0 saturated carbocycles. The van der Waals surface area contributed by atoms with Gasteiger partial charge in [0.15, 0.2) is 0 Å². The number of nitrogens with two attached hydrogens (primary N) is 1. The molecule has 0 unspecified atom stereocenters. The molecule has 1 heterocycles. The van der Waals surface area contributed by atoms with Crippen LogP contribution in [0.1, 0.15) is 11.1 Å². The van der Waals surface area contributed by atoms with Gasteiger partial charge in [-0.3, -0.25) is 4.99 Å². The Bertz CT molecular complexity index is 929. The largest absolute Gasteiger partial charge is 0.399 e. The molecule has 3 heteroatoms. The number of benzodiazepines with no additional fused rings is 1. The summed E-state index contributed by atoms with van der Waals surface area (Å²) in [5.41, 5.74) is 13.6. The molecular weight excluding hydrogens is 306 g/mol. The molecule has 1 aliphatic rings. The molecule has 0 amide bonds. The van der Waals surface area contributed by atoms with E-state index >= 15 is 0 Å². The molecule has 0 bridgehead atoms. The molecule has 3 aromatic rings. The zero-order chi connectivity index (χ0) is 17.2. The molecule has 1 aliphatic heterocycles. The van der Waals surface area contributed by atoms with Gasteiger partial charge in [0.05, 0.1) is 12.3 Å². The summed E-state index contributed by atoms with van der Waals surface area (Å²) in [6, 6.07) is 25.1. The van der Waals surface area contributed by atoms with E-state index in [0.717, 1.165) is 35.6 Å². The van der Waals surface area contributed by atoms with Crippen LogP contribution in [0.3, 0.4) is 0 Å². The standard InChI is InChI=1S/C22H21N3/c1-25-13-12-24-22(18-8-5-9-19(23)14-18)20-15-17(10-11-21(20)25)16-6-3-2-4-7-16/h2-11,14-15H,12-13,23H2,1H3. The minimum atomic E-state index is 0.763. The highest BCUT2D eigenvalue weighted by molar-refractivity contribution is 6.17. The first-order valence-electron chi connectivity index (χ1n) is 8.54. The second-order valence-electron chi connectivity index (χ2n) is 6.38. The second kappa shape index (κ2) is 6.44. The van der Waals surface area contributed by atoms with Gasteiger partial charge in [-0.2, -0.15) is 0 Å². The highest BCUT2D eigenvalue weighted by Gasteiger charge is 2.18. The van der Waals surface area contributed by atoms with E-state index in [-0.39, 0.29) is 0 Å². The van der Waals surface area contributed by atoms with Crippen molar-refractivity contribution in [2.45, 2.75) is 0 Å². The Balaban J connectivity index is 1.89. The van der Waals surface area contributed by atoms with Crippen molar-refractivity contribution in [3.8, 4) is 11.1 Å². The lowest BCUT2D eigenvalue weighted by molar-refractivity contribution is 0.896. The highest BCUT2D eigenvalue weighted by atomic mass is 15.1. The number of benzene rings is 3. The molecule has 0 spiro atoms. The summed E-state index contributed by atoms with van der Waals surface area (Å²) in [7, 11) is 2.12. The van der Waals surface area contributed by atoms with Crippen LogP contribution in [0, 0.1) is 0 Å². The molecule has 0 saturated heterocycles. The maximum atomic E-state index is 6.01. The predicted octanol–water partition coefficient (Wildman–Crippen LogP) is 4.22. The Kier molecular flexibility index (Phi) is 3.98. The smallest absolute Gasteiger partial charge is 0.0741 e. The van der Waals surface area contributed by atoms with Gasteiger partial charge < -0.3 is 10.6 Å². The van der Waals surface area contributed by atoms with Crippen LogP contribution in [-0.2, 0) is 0 Å². The Morgan fingerprint density at radius 1 is 0.840 bits per heavy atom. The van der Waals surface area contributed by atoms with Crippen molar-refractivity contribution in [3.05, 3.63) is 83.9 Å². The monoisotopic (exact) mass is 327 g/mol. The Morgan fingerprint density at radius 3 is 2.44 bits per heavy atom. The van der Waals surface area contributed by atoms with Crippen molar-refractivity contribution in [3.63, 3.8) is 0 Å². The molecule has 0 fully saturated rings. The van der Waals surface area contributed by atoms with Crippen molar-refractivity contribution in [1.82, 2.24) is 0 Å². The molecule has 3 nitrogen and oxygen atoms in total. The van der Waals surface area contributed by atoms with E-state index < -0.39 is 0 Å². The minimum Gasteiger partial charge on any atom is -0.399 e. The summed E-state index contributed by atoms with van der Waals surface area (Å²) >= 11 is 0. The van der Waals surface area contributed by atoms with Gasteiger partial charge in [0.2, 0.25) is 0 Å². The number of hydrogen-bond donors (Lipinski definition) is 1. The van der Waals surface area contributed by atoms with E-state index in [9.17, 15) is 0 Å². The predicted molar refractivity (Wildman–Crippen MR) is 107 cm³/mol. The van der Waals surface area contributed by atoms with Crippen molar-refractivity contribution >= 4 is 17.1 Å². The second-order valence-corrected chi connectivity index (χ2v) is 6.38. The molecule has 124 valence electrons. The quantitative estimate of drug-likeness (QED) is 0.716. The average molecular weight is 327 g/mol. The maximum absolute atomic E-state index is 6.01. The number of rotatable bonds is 2. The average Bonchev–Trinajstić information content (AvgIpc) is 2.81. The van der Waals surface area contributed by atoms with E-state index in [1.54, 1.807) is 0 Å². The molecule has 0 atom stereocenters. The first-order valence-corrected chi connectivity index (χ1v) is 8.54. The Morgan fingerprint density at radius 2 is 1.64 bits per heavy atom. The van der Waals surface area contributed by atoms with E-state index in [0.29, 0.717) is 0 Å². The molecular formula is C22H21N3. The summed E-state index contributed by atoms with van der Waals surface area (Å²) in [6.45, 7) is 1.68. The summed E-state index contributed by atoms with van der Waals surface area (Å²) in [5, 5.41) is 0. The van der Waals surface area contributed by atoms with Crippen molar-refractivity contribution in [2.24, 2.45) is 4.99 Å². The summed E-state index contributed by atoms with van der Waals surface area (Å²) in [5.74, 6) is 0. The highest BCUT2D eigenvalue weighted by Crippen LogP contribution is 2.31. The van der Waals surface area contributed by atoms with Gasteiger partial charge in [0.25, 0.3) is 0 Å². The molecule has 2 N–H and O–H groups in total. The zero-order valence-electron chi connectivity index (χ0n) is 14.3. The van der Waals surface area contributed by atoms with Gasteiger partial charge in [-0.15, -0.1) is 0 Å². The minimum absolute atomic E-state index is 0.763. The van der Waals surface area contributed by atoms with Gasteiger partial charge in [0.1, 0.15) is 0 Å².